The average Bonchev–Trinajstić information content (AvgIpc) is 3.57. The number of hydrazine groups is 2. The lowest BCUT2D eigenvalue weighted by molar-refractivity contribution is -0.136. The van der Waals surface area contributed by atoms with Crippen molar-refractivity contribution in [2.24, 2.45) is 35.5 Å². The monoisotopic (exact) mass is 463 g/mol. The van der Waals surface area contributed by atoms with Crippen LogP contribution in [0.1, 0.15) is 41.6 Å². The van der Waals surface area contributed by atoms with E-state index in [1.54, 1.807) is 0 Å². The van der Waals surface area contributed by atoms with Gasteiger partial charge in [0.05, 0.1) is 0 Å². The number of hydrogen-bond donors (Lipinski definition) is 3. The summed E-state index contributed by atoms with van der Waals surface area (Å²) < 4.78 is 0. The van der Waals surface area contributed by atoms with E-state index in [1.165, 1.54) is 0 Å². The number of carbonyl (C=O) groups is 3. The second-order valence-electron chi connectivity index (χ2n) is 11.5. The Morgan fingerprint density at radius 1 is 0.765 bits per heavy atom. The van der Waals surface area contributed by atoms with Crippen molar-refractivity contribution in [1.82, 2.24) is 26.2 Å². The molecule has 0 aromatic heterocycles. The maximum absolute atomic E-state index is 13.4. The number of likely N-dealkylation sites (tertiary alicyclic amines) is 2. The van der Waals surface area contributed by atoms with Crippen molar-refractivity contribution < 1.29 is 14.4 Å². The fourth-order valence-electron chi connectivity index (χ4n) is 8.02. The smallest absolute Gasteiger partial charge is 0.226 e. The van der Waals surface area contributed by atoms with Gasteiger partial charge in [-0.3, -0.25) is 14.4 Å². The van der Waals surface area contributed by atoms with Gasteiger partial charge in [0.2, 0.25) is 11.8 Å². The van der Waals surface area contributed by atoms with Crippen molar-refractivity contribution in [3.63, 3.8) is 0 Å². The van der Waals surface area contributed by atoms with Crippen LogP contribution in [0.15, 0.2) is 24.3 Å². The number of nitrogens with one attached hydrogen (secondary N) is 3. The molecule has 3 heterocycles. The molecule has 4 unspecified atom stereocenters. The number of nitrogens with zero attached hydrogens (tertiary/aromatic N) is 2. The van der Waals surface area contributed by atoms with Gasteiger partial charge in [-0.15, -0.1) is 0 Å². The van der Waals surface area contributed by atoms with Crippen LogP contribution in [0.3, 0.4) is 0 Å². The lowest BCUT2D eigenvalue weighted by Gasteiger charge is -2.42. The number of ketones is 1. The summed E-state index contributed by atoms with van der Waals surface area (Å²) in [4.78, 5) is 43.4. The molecule has 0 radical (unpaired) electrons. The quantitative estimate of drug-likeness (QED) is 0.599. The van der Waals surface area contributed by atoms with E-state index in [-0.39, 0.29) is 23.5 Å². The molecule has 3 aliphatic heterocycles. The summed E-state index contributed by atoms with van der Waals surface area (Å²) in [6.45, 7) is 3.31. The van der Waals surface area contributed by atoms with E-state index in [0.717, 1.165) is 56.6 Å². The first-order valence-electron chi connectivity index (χ1n) is 13.0. The zero-order valence-electron chi connectivity index (χ0n) is 19.4. The van der Waals surface area contributed by atoms with E-state index < -0.39 is 0 Å². The lowest BCUT2D eigenvalue weighted by Crippen LogP contribution is -2.45. The molecule has 3 N–H and O–H groups in total. The standard InChI is InChI=1S/C26H33N5O3/c32-24-9-16(7-14-3-1-2-4-17(14)24)26(34)31-12-20-18-10-30(11-19(18)21(20)13-31)25(33)15-5-6-22-23(8-15)28-29-27-22/h1-4,15-16,18-23,27-29H,5-13H2/t15?,16?,18-,19+,20+,21-,22?,23?. The van der Waals surface area contributed by atoms with Crippen LogP contribution in [0.4, 0.5) is 0 Å². The number of amides is 2. The van der Waals surface area contributed by atoms with Crippen molar-refractivity contribution >= 4 is 17.6 Å². The normalized spacial score (nSPS) is 40.3. The molecular weight excluding hydrogens is 430 g/mol. The predicted octanol–water partition coefficient (Wildman–Crippen LogP) is 0.744. The van der Waals surface area contributed by atoms with Gasteiger partial charge in [-0.1, -0.05) is 24.3 Å². The fraction of sp³-hybridized carbons (Fsp3) is 0.654. The highest BCUT2D eigenvalue weighted by Gasteiger charge is 2.60. The van der Waals surface area contributed by atoms with Crippen LogP contribution < -0.4 is 16.4 Å². The summed E-state index contributed by atoms with van der Waals surface area (Å²) >= 11 is 0. The molecule has 0 spiro atoms. The molecule has 0 bridgehead atoms. The van der Waals surface area contributed by atoms with Crippen molar-refractivity contribution in [1.29, 1.82) is 0 Å². The third-order valence-corrected chi connectivity index (χ3v) is 9.83. The molecule has 180 valence electrons. The molecule has 8 heteroatoms. The minimum absolute atomic E-state index is 0.0989. The first-order chi connectivity index (χ1) is 16.6. The highest BCUT2D eigenvalue weighted by molar-refractivity contribution is 6.01. The SMILES string of the molecule is O=C1CC(C(=O)N2C[C@@H]3[C@H](C2)[C@H]2CN(C(=O)C4CCC5NNNC5C4)C[C@@H]32)Cc2ccccc21. The highest BCUT2D eigenvalue weighted by atomic mass is 16.2. The van der Waals surface area contributed by atoms with Gasteiger partial charge in [0.25, 0.3) is 0 Å². The number of benzene rings is 1. The molecule has 8 nitrogen and oxygen atoms in total. The van der Waals surface area contributed by atoms with Gasteiger partial charge < -0.3 is 9.80 Å². The Kier molecular flexibility index (Phi) is 4.86. The van der Waals surface area contributed by atoms with Crippen LogP contribution in [0, 0.1) is 35.5 Å². The second kappa shape index (κ2) is 7.86. The molecule has 8 atom stereocenters. The summed E-state index contributed by atoms with van der Waals surface area (Å²) in [5, 5.41) is 0. The Morgan fingerprint density at radius 2 is 1.38 bits per heavy atom. The average molecular weight is 464 g/mol. The lowest BCUT2D eigenvalue weighted by atomic mass is 9.60. The second-order valence-corrected chi connectivity index (χ2v) is 11.5. The maximum Gasteiger partial charge on any atom is 0.226 e. The number of fused-ring (bicyclic) bond motifs is 6. The van der Waals surface area contributed by atoms with Crippen LogP contribution in [0.2, 0.25) is 0 Å². The Hall–Kier alpha value is -2.29. The molecule has 2 amide bonds. The predicted molar refractivity (Wildman–Crippen MR) is 124 cm³/mol. The molecule has 5 fully saturated rings. The third-order valence-electron chi connectivity index (χ3n) is 9.83. The molecule has 6 aliphatic rings. The largest absolute Gasteiger partial charge is 0.342 e. The van der Waals surface area contributed by atoms with Gasteiger partial charge in [-0.05, 0) is 54.9 Å². The van der Waals surface area contributed by atoms with Gasteiger partial charge in [-0.2, -0.15) is 5.53 Å². The van der Waals surface area contributed by atoms with Crippen LogP contribution >= 0.6 is 0 Å². The number of carbonyl (C=O) groups excluding carboxylic acids is 3. The molecule has 7 rings (SSSR count). The van der Waals surface area contributed by atoms with E-state index in [2.05, 4.69) is 21.3 Å². The zero-order chi connectivity index (χ0) is 23.0. The Morgan fingerprint density at radius 3 is 2.09 bits per heavy atom. The Labute approximate surface area is 199 Å². The van der Waals surface area contributed by atoms with Crippen molar-refractivity contribution in [3.05, 3.63) is 35.4 Å². The third kappa shape index (κ3) is 3.18. The molecular formula is C26H33N5O3. The van der Waals surface area contributed by atoms with Gasteiger partial charge in [-0.25, -0.2) is 10.9 Å². The van der Waals surface area contributed by atoms with E-state index >= 15 is 0 Å². The maximum atomic E-state index is 13.4. The molecule has 2 saturated carbocycles. The van der Waals surface area contributed by atoms with Crippen molar-refractivity contribution in [3.8, 4) is 0 Å². The number of Topliss-reactive ketones (excluding diaryl/α,β-unsaturated/α-hetero) is 1. The molecule has 3 saturated heterocycles. The summed E-state index contributed by atoms with van der Waals surface area (Å²) in [6.07, 6.45) is 3.89. The topological polar surface area (TPSA) is 93.8 Å². The van der Waals surface area contributed by atoms with Gasteiger partial charge in [0.15, 0.2) is 5.78 Å². The van der Waals surface area contributed by atoms with Gasteiger partial charge >= 0.3 is 0 Å². The van der Waals surface area contributed by atoms with Crippen LogP contribution in [0.25, 0.3) is 0 Å². The Bertz CT molecular complexity index is 1030. The summed E-state index contributed by atoms with van der Waals surface area (Å²) in [5.41, 5.74) is 11.3. The molecule has 1 aromatic rings. The summed E-state index contributed by atoms with van der Waals surface area (Å²) in [6, 6.07) is 8.47. The first kappa shape index (κ1) is 21.0. The van der Waals surface area contributed by atoms with Gasteiger partial charge in [0.1, 0.15) is 0 Å². The number of hydrogen-bond acceptors (Lipinski definition) is 6. The van der Waals surface area contributed by atoms with E-state index in [0.29, 0.717) is 54.5 Å². The molecule has 1 aromatic carbocycles. The Balaban J connectivity index is 0.966. The van der Waals surface area contributed by atoms with Gasteiger partial charge in [0, 0.05) is 62.1 Å². The van der Waals surface area contributed by atoms with E-state index in [1.807, 2.05) is 29.2 Å². The molecule has 3 aliphatic carbocycles. The summed E-state index contributed by atoms with van der Waals surface area (Å²) in [5.74, 6) is 2.59. The van der Waals surface area contributed by atoms with Crippen LogP contribution in [0.5, 0.6) is 0 Å². The van der Waals surface area contributed by atoms with Crippen LogP contribution in [-0.4, -0.2) is 65.7 Å². The van der Waals surface area contributed by atoms with Crippen LogP contribution in [-0.2, 0) is 16.0 Å². The minimum atomic E-state index is -0.221. The number of rotatable bonds is 2. The highest BCUT2D eigenvalue weighted by Crippen LogP contribution is 2.54. The van der Waals surface area contributed by atoms with Crippen molar-refractivity contribution in [2.75, 3.05) is 26.2 Å². The van der Waals surface area contributed by atoms with E-state index in [4.69, 9.17) is 0 Å². The fourth-order valence-corrected chi connectivity index (χ4v) is 8.02. The van der Waals surface area contributed by atoms with E-state index in [9.17, 15) is 14.4 Å². The zero-order valence-corrected chi connectivity index (χ0v) is 19.4. The molecule has 34 heavy (non-hydrogen) atoms. The first-order valence-corrected chi connectivity index (χ1v) is 13.0. The summed E-state index contributed by atoms with van der Waals surface area (Å²) in [7, 11) is 0. The minimum Gasteiger partial charge on any atom is -0.342 e. The van der Waals surface area contributed by atoms with Crippen molar-refractivity contribution in [2.45, 2.75) is 44.2 Å².